The maximum Gasteiger partial charge on any atom is 0.251 e. The molecule has 0 spiro atoms. The van der Waals surface area contributed by atoms with Gasteiger partial charge in [0.15, 0.2) is 0 Å². The second kappa shape index (κ2) is 7.95. The molecule has 0 radical (unpaired) electrons. The molecule has 0 aliphatic carbocycles. The van der Waals surface area contributed by atoms with Crippen LogP contribution in [0.1, 0.15) is 16.8 Å². The molecule has 3 aromatic rings. The van der Waals surface area contributed by atoms with Gasteiger partial charge in [-0.15, -0.1) is 0 Å². The number of nitrogens with one attached hydrogen (secondary N) is 1. The molecule has 0 aromatic heterocycles. The highest BCUT2D eigenvalue weighted by Crippen LogP contribution is 2.38. The van der Waals surface area contributed by atoms with Crippen LogP contribution >= 0.6 is 0 Å². The fourth-order valence-electron chi connectivity index (χ4n) is 3.91. The summed E-state index contributed by atoms with van der Waals surface area (Å²) in [7, 11) is 3.45. The maximum atomic E-state index is 12.1. The zero-order valence-electron chi connectivity index (χ0n) is 16.6. The Labute approximate surface area is 170 Å². The topological polar surface area (TPSA) is 58.6 Å². The molecule has 5 heteroatoms. The van der Waals surface area contributed by atoms with Gasteiger partial charge in [0.2, 0.25) is 5.91 Å². The Bertz CT molecular complexity index is 1080. The Morgan fingerprint density at radius 3 is 2.72 bits per heavy atom. The minimum Gasteiger partial charge on any atom is -0.493 e. The number of hydrogen-bond acceptors (Lipinski definition) is 3. The van der Waals surface area contributed by atoms with E-state index in [0.717, 1.165) is 27.6 Å². The summed E-state index contributed by atoms with van der Waals surface area (Å²) in [6.45, 7) is 1.20. The molecular weight excluding hydrogens is 364 g/mol. The quantitative estimate of drug-likeness (QED) is 0.725. The maximum absolute atomic E-state index is 12.1. The lowest BCUT2D eigenvalue weighted by Crippen LogP contribution is -2.20. The Morgan fingerprint density at radius 1 is 1.14 bits per heavy atom. The summed E-state index contributed by atoms with van der Waals surface area (Å²) in [5.41, 5.74) is 2.50. The lowest BCUT2D eigenvalue weighted by atomic mass is 9.95. The first-order valence-electron chi connectivity index (χ1n) is 9.78. The predicted molar refractivity (Wildman–Crippen MR) is 114 cm³/mol. The van der Waals surface area contributed by atoms with Gasteiger partial charge in [0, 0.05) is 44.1 Å². The van der Waals surface area contributed by atoms with Crippen molar-refractivity contribution >= 4 is 22.6 Å². The zero-order chi connectivity index (χ0) is 20.4. The number of carbonyl (C=O) groups is 2. The summed E-state index contributed by atoms with van der Waals surface area (Å²) >= 11 is 0. The number of amides is 2. The van der Waals surface area contributed by atoms with Crippen molar-refractivity contribution in [1.29, 1.82) is 0 Å². The van der Waals surface area contributed by atoms with E-state index in [4.69, 9.17) is 4.74 Å². The Balaban J connectivity index is 1.74. The van der Waals surface area contributed by atoms with Gasteiger partial charge in [-0.1, -0.05) is 42.5 Å². The number of benzene rings is 3. The Kier molecular flexibility index (Phi) is 5.21. The lowest BCUT2D eigenvalue weighted by Gasteiger charge is -2.17. The van der Waals surface area contributed by atoms with E-state index in [2.05, 4.69) is 17.4 Å². The Hall–Kier alpha value is -3.34. The highest BCUT2D eigenvalue weighted by Gasteiger charge is 2.27. The summed E-state index contributed by atoms with van der Waals surface area (Å²) in [6.07, 6.45) is 0.519. The molecule has 1 unspecified atom stereocenters. The van der Waals surface area contributed by atoms with Gasteiger partial charge in [-0.3, -0.25) is 9.59 Å². The van der Waals surface area contributed by atoms with Crippen molar-refractivity contribution in [3.63, 3.8) is 0 Å². The van der Waals surface area contributed by atoms with Crippen molar-refractivity contribution in [1.82, 2.24) is 10.2 Å². The van der Waals surface area contributed by atoms with Crippen LogP contribution < -0.4 is 10.1 Å². The van der Waals surface area contributed by atoms with Crippen LogP contribution in [0.15, 0.2) is 60.7 Å². The third-order valence-corrected chi connectivity index (χ3v) is 5.43. The van der Waals surface area contributed by atoms with Crippen molar-refractivity contribution in [3.8, 4) is 16.9 Å². The molecule has 1 N–H and O–H groups in total. The summed E-state index contributed by atoms with van der Waals surface area (Å²) < 4.78 is 6.23. The molecule has 148 valence electrons. The van der Waals surface area contributed by atoms with E-state index in [1.807, 2.05) is 49.5 Å². The van der Waals surface area contributed by atoms with Gasteiger partial charge < -0.3 is 15.0 Å². The molecule has 0 bridgehead atoms. The number of likely N-dealkylation sites (tertiary alicyclic amines) is 1. The molecule has 1 atom stereocenters. The minimum atomic E-state index is -0.123. The zero-order valence-corrected chi connectivity index (χ0v) is 16.6. The first kappa shape index (κ1) is 19.0. The van der Waals surface area contributed by atoms with Crippen LogP contribution in [0, 0.1) is 5.92 Å². The largest absolute Gasteiger partial charge is 0.493 e. The molecule has 1 aliphatic rings. The summed E-state index contributed by atoms with van der Waals surface area (Å²) in [5, 5.41) is 4.85. The molecule has 1 aliphatic heterocycles. The predicted octanol–water partition coefficient (Wildman–Crippen LogP) is 3.72. The van der Waals surface area contributed by atoms with Crippen LogP contribution in [0.2, 0.25) is 0 Å². The average molecular weight is 388 g/mol. The monoisotopic (exact) mass is 388 g/mol. The molecule has 1 saturated heterocycles. The molecule has 0 saturated carbocycles. The number of ether oxygens (including phenoxy) is 1. The second-order valence-electron chi connectivity index (χ2n) is 7.48. The van der Waals surface area contributed by atoms with E-state index >= 15 is 0 Å². The smallest absolute Gasteiger partial charge is 0.251 e. The van der Waals surface area contributed by atoms with Crippen molar-refractivity contribution < 1.29 is 14.3 Å². The van der Waals surface area contributed by atoms with E-state index in [1.165, 1.54) is 0 Å². The third-order valence-electron chi connectivity index (χ3n) is 5.43. The van der Waals surface area contributed by atoms with Crippen molar-refractivity contribution in [2.24, 2.45) is 5.92 Å². The van der Waals surface area contributed by atoms with E-state index < -0.39 is 0 Å². The fourth-order valence-corrected chi connectivity index (χ4v) is 3.91. The van der Waals surface area contributed by atoms with Crippen molar-refractivity contribution in [2.75, 3.05) is 27.2 Å². The number of carbonyl (C=O) groups excluding carboxylic acids is 2. The van der Waals surface area contributed by atoms with E-state index in [0.29, 0.717) is 25.1 Å². The fraction of sp³-hybridized carbons (Fsp3) is 0.250. The first-order chi connectivity index (χ1) is 14.1. The highest BCUT2D eigenvalue weighted by atomic mass is 16.5. The van der Waals surface area contributed by atoms with Crippen molar-refractivity contribution in [2.45, 2.75) is 6.42 Å². The van der Waals surface area contributed by atoms with Gasteiger partial charge >= 0.3 is 0 Å². The molecule has 29 heavy (non-hydrogen) atoms. The molecular formula is C24H24N2O3. The van der Waals surface area contributed by atoms with Crippen LogP contribution in [0.5, 0.6) is 5.75 Å². The van der Waals surface area contributed by atoms with Gasteiger partial charge in [-0.05, 0) is 34.5 Å². The van der Waals surface area contributed by atoms with Crippen molar-refractivity contribution in [3.05, 3.63) is 66.2 Å². The second-order valence-corrected chi connectivity index (χ2v) is 7.48. The Morgan fingerprint density at radius 2 is 1.97 bits per heavy atom. The summed E-state index contributed by atoms with van der Waals surface area (Å²) in [5.74, 6) is 0.987. The molecule has 2 amide bonds. The molecule has 5 nitrogen and oxygen atoms in total. The number of rotatable bonds is 5. The molecule has 3 aromatic carbocycles. The molecule has 1 fully saturated rings. The van der Waals surface area contributed by atoms with Gasteiger partial charge in [0.05, 0.1) is 6.61 Å². The number of fused-ring (bicyclic) bond motifs is 1. The van der Waals surface area contributed by atoms with Gasteiger partial charge in [0.25, 0.3) is 5.91 Å². The molecule has 1 heterocycles. The number of nitrogens with zero attached hydrogens (tertiary/aromatic N) is 1. The normalized spacial score (nSPS) is 16.3. The molecule has 4 rings (SSSR count). The summed E-state index contributed by atoms with van der Waals surface area (Å²) in [6, 6.07) is 19.7. The minimum absolute atomic E-state index is 0.123. The highest BCUT2D eigenvalue weighted by molar-refractivity contribution is 6.02. The van der Waals surface area contributed by atoms with Crippen LogP contribution in [0.25, 0.3) is 21.9 Å². The van der Waals surface area contributed by atoms with Crippen LogP contribution in [-0.4, -0.2) is 44.0 Å². The summed E-state index contributed by atoms with van der Waals surface area (Å²) in [4.78, 5) is 25.7. The van der Waals surface area contributed by atoms with Gasteiger partial charge in [-0.2, -0.15) is 0 Å². The van der Waals surface area contributed by atoms with Crippen LogP contribution in [0.4, 0.5) is 0 Å². The van der Waals surface area contributed by atoms with E-state index in [9.17, 15) is 9.59 Å². The van der Waals surface area contributed by atoms with Gasteiger partial charge in [-0.25, -0.2) is 0 Å². The van der Waals surface area contributed by atoms with Gasteiger partial charge in [0.1, 0.15) is 5.75 Å². The van der Waals surface area contributed by atoms with Crippen LogP contribution in [0.3, 0.4) is 0 Å². The van der Waals surface area contributed by atoms with Crippen LogP contribution in [-0.2, 0) is 4.79 Å². The first-order valence-corrected chi connectivity index (χ1v) is 9.78. The average Bonchev–Trinajstić information content (AvgIpc) is 3.08. The number of hydrogen-bond donors (Lipinski definition) is 1. The third kappa shape index (κ3) is 3.81. The lowest BCUT2D eigenvalue weighted by molar-refractivity contribution is -0.126. The standard InChI is InChI=1S/C24H24N2O3/c1-25-24(28)19-8-5-7-18(13-19)23-20-9-4-3-6-17(20)10-11-21(23)29-15-16-12-22(27)26(2)14-16/h3-11,13,16H,12,14-15H2,1-2H3,(H,25,28). The van der Waals surface area contributed by atoms with E-state index in [-0.39, 0.29) is 17.7 Å². The SMILES string of the molecule is CNC(=O)c1cccc(-c2c(OCC3CC(=O)N(C)C3)ccc3ccccc23)c1. The van der Waals surface area contributed by atoms with E-state index in [1.54, 1.807) is 18.0 Å².